The van der Waals surface area contributed by atoms with Gasteiger partial charge in [0.2, 0.25) is 0 Å². The van der Waals surface area contributed by atoms with Gasteiger partial charge in [-0.15, -0.1) is 4.90 Å². The van der Waals surface area contributed by atoms with Crippen molar-refractivity contribution in [3.8, 4) is 0 Å². The highest BCUT2D eigenvalue weighted by Gasteiger charge is 3.03. The molecule has 174 valence electrons. The van der Waals surface area contributed by atoms with Crippen molar-refractivity contribution in [2.75, 3.05) is 0 Å². The van der Waals surface area contributed by atoms with Crippen molar-refractivity contribution < 1.29 is 83.4 Å². The fourth-order valence-electron chi connectivity index (χ4n) is 2.08. The Morgan fingerprint density at radius 1 is 0.483 bits per heavy atom. The molecule has 0 aromatic rings. The zero-order valence-electron chi connectivity index (χ0n) is 12.1. The maximum absolute atomic E-state index is 13.6. The summed E-state index contributed by atoms with van der Waals surface area (Å²) in [5.41, 5.74) is -8.48. The van der Waals surface area contributed by atoms with Crippen LogP contribution in [0.25, 0.3) is 0 Å². The van der Waals surface area contributed by atoms with Gasteiger partial charge < -0.3 is 0 Å². The molecule has 29 heavy (non-hydrogen) atoms. The summed E-state index contributed by atoms with van der Waals surface area (Å²) in [4.78, 5) is -4.84. The first kappa shape index (κ1) is 25.7. The van der Waals surface area contributed by atoms with Crippen LogP contribution in [0.5, 0.6) is 0 Å². The molecule has 1 aliphatic rings. The first-order valence-electron chi connectivity index (χ1n) is 6.01. The minimum atomic E-state index is -8.51. The molecule has 0 spiro atoms. The highest BCUT2D eigenvalue weighted by molar-refractivity contribution is 5.23. The standard InChI is InChI=1S/C9F19N/c10-1(5(17,18)19)2(11,12)3(13,14)8(25,26)29(7(1,23)24)9(27,28)4(15,16)6(20,21)22. The number of piperidine rings is 1. The molecule has 0 amide bonds. The topological polar surface area (TPSA) is 3.24 Å². The number of rotatable bonds is 2. The van der Waals surface area contributed by atoms with Crippen molar-refractivity contribution in [3.05, 3.63) is 0 Å². The summed E-state index contributed by atoms with van der Waals surface area (Å²) in [6, 6.07) is -25.3. The predicted molar refractivity (Wildman–Crippen MR) is 47.5 cm³/mol. The molecule has 0 aromatic carbocycles. The number of hydrogen-bond donors (Lipinski definition) is 0. The van der Waals surface area contributed by atoms with Gasteiger partial charge in [-0.2, -0.15) is 79.0 Å². The summed E-state index contributed by atoms with van der Waals surface area (Å²) in [5, 5.41) is 0. The number of alkyl halides is 19. The maximum Gasteiger partial charge on any atom is 0.461 e. The van der Waals surface area contributed by atoms with Gasteiger partial charge in [-0.25, -0.2) is 4.39 Å². The summed E-state index contributed by atoms with van der Waals surface area (Å²) < 4.78 is 245. The van der Waals surface area contributed by atoms with Crippen LogP contribution in [0.2, 0.25) is 0 Å². The largest absolute Gasteiger partial charge is 0.461 e. The molecular weight excluding hydrogens is 483 g/mol. The molecule has 0 saturated carbocycles. The average Bonchev–Trinajstić information content (AvgIpc) is 2.40. The minimum absolute atomic E-state index is 4.84. The zero-order valence-corrected chi connectivity index (χ0v) is 12.1. The Bertz CT molecular complexity index is 654. The molecule has 20 heteroatoms. The Kier molecular flexibility index (Phi) is 5.00. The number of halogens is 19. The highest BCUT2D eigenvalue weighted by Crippen LogP contribution is 2.70. The van der Waals surface area contributed by atoms with Gasteiger partial charge in [0.15, 0.2) is 0 Å². The first-order valence-corrected chi connectivity index (χ1v) is 6.01. The van der Waals surface area contributed by atoms with Gasteiger partial charge in [0, 0.05) is 0 Å². The van der Waals surface area contributed by atoms with Crippen LogP contribution in [-0.2, 0) is 0 Å². The second-order valence-corrected chi connectivity index (χ2v) is 5.34. The van der Waals surface area contributed by atoms with Gasteiger partial charge in [0.1, 0.15) is 0 Å². The Morgan fingerprint density at radius 2 is 0.828 bits per heavy atom. The third-order valence-corrected chi connectivity index (χ3v) is 3.59. The smallest absolute Gasteiger partial charge is 0.218 e. The fourth-order valence-corrected chi connectivity index (χ4v) is 2.08. The average molecular weight is 483 g/mol. The van der Waals surface area contributed by atoms with Gasteiger partial charge in [-0.3, -0.25) is 0 Å². The summed E-state index contributed by atoms with van der Waals surface area (Å²) in [5.74, 6) is -24.9. The normalized spacial score (nSPS) is 30.3. The van der Waals surface area contributed by atoms with Crippen molar-refractivity contribution in [3.63, 3.8) is 0 Å². The molecule has 1 nitrogen and oxygen atoms in total. The summed E-state index contributed by atoms with van der Waals surface area (Å²) in [7, 11) is 0. The zero-order chi connectivity index (χ0) is 24.1. The van der Waals surface area contributed by atoms with Gasteiger partial charge in [0.05, 0.1) is 0 Å². The monoisotopic (exact) mass is 483 g/mol. The molecule has 0 N–H and O–H groups in total. The van der Waals surface area contributed by atoms with E-state index in [4.69, 9.17) is 0 Å². The van der Waals surface area contributed by atoms with Crippen LogP contribution in [0.3, 0.4) is 0 Å². The second kappa shape index (κ2) is 5.65. The van der Waals surface area contributed by atoms with E-state index in [1.54, 1.807) is 0 Å². The second-order valence-electron chi connectivity index (χ2n) is 5.34. The number of nitrogens with zero attached hydrogens (tertiary/aromatic N) is 1. The lowest BCUT2D eigenvalue weighted by Gasteiger charge is -2.56. The molecule has 1 atom stereocenters. The molecular formula is C9F19N. The predicted octanol–water partition coefficient (Wildman–Crippen LogP) is 5.82. The van der Waals surface area contributed by atoms with Crippen LogP contribution >= 0.6 is 0 Å². The molecule has 1 aliphatic heterocycles. The Labute approximate surface area is 144 Å². The molecule has 0 aliphatic carbocycles. The fraction of sp³-hybridized carbons (Fsp3) is 1.00. The van der Waals surface area contributed by atoms with Crippen LogP contribution in [0.4, 0.5) is 83.4 Å². The Balaban J connectivity index is 4.12. The molecule has 1 saturated heterocycles. The summed E-state index contributed by atoms with van der Waals surface area (Å²) in [6.45, 7) is 0. The van der Waals surface area contributed by atoms with E-state index in [1.165, 1.54) is 0 Å². The molecule has 0 bridgehead atoms. The SMILES string of the molecule is FC(F)(F)C(F)(F)C(F)(F)N1C(F)(F)C(F)(F)C(F)(F)C(F)(C(F)(F)F)C1(F)F. The van der Waals surface area contributed by atoms with Crippen LogP contribution in [-0.4, -0.2) is 58.8 Å². The molecule has 1 unspecified atom stereocenters. The van der Waals surface area contributed by atoms with Crippen molar-refractivity contribution in [1.29, 1.82) is 0 Å². The van der Waals surface area contributed by atoms with Crippen molar-refractivity contribution >= 4 is 0 Å². The summed E-state index contributed by atoms with van der Waals surface area (Å²) in [6.07, 6.45) is -16.1. The number of likely N-dealkylation sites (tertiary alicyclic amines) is 1. The third kappa shape index (κ3) is 2.55. The lowest BCUT2D eigenvalue weighted by atomic mass is 9.82. The van der Waals surface area contributed by atoms with Gasteiger partial charge in [0.25, 0.3) is 0 Å². The van der Waals surface area contributed by atoms with E-state index in [0.29, 0.717) is 0 Å². The van der Waals surface area contributed by atoms with Crippen LogP contribution in [0, 0.1) is 0 Å². The van der Waals surface area contributed by atoms with Crippen LogP contribution < -0.4 is 0 Å². The first-order chi connectivity index (χ1) is 12.1. The number of hydrogen-bond acceptors (Lipinski definition) is 1. The van der Waals surface area contributed by atoms with Gasteiger partial charge in [-0.1, -0.05) is 0 Å². The van der Waals surface area contributed by atoms with E-state index in [1.807, 2.05) is 0 Å². The van der Waals surface area contributed by atoms with Gasteiger partial charge >= 0.3 is 53.9 Å². The minimum Gasteiger partial charge on any atom is -0.218 e. The van der Waals surface area contributed by atoms with E-state index in [9.17, 15) is 83.4 Å². The molecule has 0 radical (unpaired) electrons. The lowest BCUT2D eigenvalue weighted by Crippen LogP contribution is -2.89. The molecule has 1 heterocycles. The Hall–Kier alpha value is -1.37. The van der Waals surface area contributed by atoms with Crippen LogP contribution in [0.15, 0.2) is 0 Å². The quantitative estimate of drug-likeness (QED) is 0.354. The van der Waals surface area contributed by atoms with E-state index < -0.39 is 58.8 Å². The third-order valence-electron chi connectivity index (χ3n) is 3.59. The maximum atomic E-state index is 13.6. The Morgan fingerprint density at radius 3 is 1.10 bits per heavy atom. The van der Waals surface area contributed by atoms with E-state index in [-0.39, 0.29) is 0 Å². The van der Waals surface area contributed by atoms with Crippen LogP contribution in [0.1, 0.15) is 0 Å². The molecule has 1 fully saturated rings. The highest BCUT2D eigenvalue weighted by atomic mass is 19.4. The van der Waals surface area contributed by atoms with Crippen molar-refractivity contribution in [2.45, 2.75) is 53.9 Å². The molecule has 0 aromatic heterocycles. The van der Waals surface area contributed by atoms with Gasteiger partial charge in [-0.05, 0) is 0 Å². The van der Waals surface area contributed by atoms with Crippen molar-refractivity contribution in [2.24, 2.45) is 0 Å². The summed E-state index contributed by atoms with van der Waals surface area (Å²) >= 11 is 0. The van der Waals surface area contributed by atoms with E-state index >= 15 is 0 Å². The van der Waals surface area contributed by atoms with E-state index in [2.05, 4.69) is 0 Å². The molecule has 1 rings (SSSR count). The van der Waals surface area contributed by atoms with E-state index in [0.717, 1.165) is 0 Å². The lowest BCUT2D eigenvalue weighted by molar-refractivity contribution is -0.559. The van der Waals surface area contributed by atoms with Crippen molar-refractivity contribution in [1.82, 2.24) is 4.90 Å².